The van der Waals surface area contributed by atoms with Gasteiger partial charge in [-0.25, -0.2) is 0 Å². The predicted molar refractivity (Wildman–Crippen MR) is 74.8 cm³/mol. The summed E-state index contributed by atoms with van der Waals surface area (Å²) in [5.41, 5.74) is 8.72. The summed E-state index contributed by atoms with van der Waals surface area (Å²) in [4.78, 5) is 14.0. The Morgan fingerprint density at radius 2 is 1.72 bits per heavy atom. The van der Waals surface area contributed by atoms with E-state index in [9.17, 15) is 4.79 Å². The highest BCUT2D eigenvalue weighted by atomic mass is 16.2. The first-order valence-corrected chi connectivity index (χ1v) is 5.79. The summed E-state index contributed by atoms with van der Waals surface area (Å²) in [5, 5.41) is 0. The van der Waals surface area contributed by atoms with Crippen LogP contribution in [0, 0.1) is 6.92 Å². The van der Waals surface area contributed by atoms with Gasteiger partial charge in [0.2, 0.25) is 0 Å². The van der Waals surface area contributed by atoms with Gasteiger partial charge in [-0.1, -0.05) is 30.3 Å². The van der Waals surface area contributed by atoms with Gasteiger partial charge in [0.1, 0.15) is 0 Å². The molecule has 2 aromatic carbocycles. The monoisotopic (exact) mass is 240 g/mol. The number of nitrogen functional groups attached to an aromatic ring is 1. The number of carbonyl (C=O) groups is 1. The zero-order valence-corrected chi connectivity index (χ0v) is 10.6. The summed E-state index contributed by atoms with van der Waals surface area (Å²) in [6.45, 7) is 1.89. The lowest BCUT2D eigenvalue weighted by atomic mass is 10.1. The minimum atomic E-state index is -0.0863. The van der Waals surface area contributed by atoms with Crippen LogP contribution in [-0.2, 0) is 0 Å². The van der Waals surface area contributed by atoms with Crippen LogP contribution < -0.4 is 10.6 Å². The number of carbonyl (C=O) groups excluding carboxylic acids is 1. The molecule has 92 valence electrons. The normalized spacial score (nSPS) is 10.1. The van der Waals surface area contributed by atoms with Gasteiger partial charge in [0.05, 0.1) is 5.56 Å². The number of rotatable bonds is 2. The van der Waals surface area contributed by atoms with Crippen molar-refractivity contribution in [3.8, 4) is 0 Å². The fourth-order valence-corrected chi connectivity index (χ4v) is 1.92. The van der Waals surface area contributed by atoms with Crippen molar-refractivity contribution in [2.45, 2.75) is 6.92 Å². The molecule has 0 spiro atoms. The van der Waals surface area contributed by atoms with E-state index >= 15 is 0 Å². The van der Waals surface area contributed by atoms with E-state index in [4.69, 9.17) is 5.73 Å². The van der Waals surface area contributed by atoms with Crippen molar-refractivity contribution in [3.63, 3.8) is 0 Å². The van der Waals surface area contributed by atoms with E-state index in [-0.39, 0.29) is 5.91 Å². The van der Waals surface area contributed by atoms with Crippen LogP contribution in [0.4, 0.5) is 11.4 Å². The van der Waals surface area contributed by atoms with Gasteiger partial charge in [0, 0.05) is 18.4 Å². The van der Waals surface area contributed by atoms with Crippen LogP contribution in [0.1, 0.15) is 15.9 Å². The number of anilines is 2. The molecule has 0 aliphatic heterocycles. The third kappa shape index (κ3) is 2.20. The molecular weight excluding hydrogens is 224 g/mol. The third-order valence-electron chi connectivity index (χ3n) is 2.97. The second kappa shape index (κ2) is 4.92. The largest absolute Gasteiger partial charge is 0.398 e. The molecule has 0 saturated carbocycles. The lowest BCUT2D eigenvalue weighted by Crippen LogP contribution is -2.27. The van der Waals surface area contributed by atoms with E-state index in [0.29, 0.717) is 11.3 Å². The van der Waals surface area contributed by atoms with Crippen LogP contribution in [0.15, 0.2) is 48.5 Å². The van der Waals surface area contributed by atoms with Crippen LogP contribution in [0.5, 0.6) is 0 Å². The molecule has 3 nitrogen and oxygen atoms in total. The lowest BCUT2D eigenvalue weighted by Gasteiger charge is -2.19. The Morgan fingerprint density at radius 1 is 1.06 bits per heavy atom. The maximum Gasteiger partial charge on any atom is 0.260 e. The fourth-order valence-electron chi connectivity index (χ4n) is 1.92. The summed E-state index contributed by atoms with van der Waals surface area (Å²) in [5.74, 6) is -0.0863. The molecule has 0 aliphatic carbocycles. The van der Waals surface area contributed by atoms with Crippen LogP contribution in [0.2, 0.25) is 0 Å². The first-order valence-electron chi connectivity index (χ1n) is 5.79. The van der Waals surface area contributed by atoms with Gasteiger partial charge in [-0.2, -0.15) is 0 Å². The predicted octanol–water partition coefficient (Wildman–Crippen LogP) is 2.85. The van der Waals surface area contributed by atoms with E-state index in [2.05, 4.69) is 0 Å². The summed E-state index contributed by atoms with van der Waals surface area (Å²) in [6.07, 6.45) is 0. The Morgan fingerprint density at radius 3 is 2.33 bits per heavy atom. The summed E-state index contributed by atoms with van der Waals surface area (Å²) >= 11 is 0. The summed E-state index contributed by atoms with van der Waals surface area (Å²) < 4.78 is 0. The average Bonchev–Trinajstić information content (AvgIpc) is 2.38. The zero-order valence-electron chi connectivity index (χ0n) is 10.6. The van der Waals surface area contributed by atoms with Crippen molar-refractivity contribution >= 4 is 17.3 Å². The molecule has 0 fully saturated rings. The molecule has 3 heteroatoms. The number of nitrogens with zero attached hydrogens (tertiary/aromatic N) is 1. The van der Waals surface area contributed by atoms with Gasteiger partial charge in [-0.05, 0) is 30.7 Å². The maximum atomic E-state index is 12.4. The van der Waals surface area contributed by atoms with Gasteiger partial charge >= 0.3 is 0 Å². The van der Waals surface area contributed by atoms with Gasteiger partial charge in [0.25, 0.3) is 5.91 Å². The average molecular weight is 240 g/mol. The molecule has 0 saturated heterocycles. The molecule has 0 aliphatic rings. The molecule has 2 aromatic rings. The topological polar surface area (TPSA) is 46.3 Å². The van der Waals surface area contributed by atoms with Crippen LogP contribution >= 0.6 is 0 Å². The molecule has 0 unspecified atom stereocenters. The van der Waals surface area contributed by atoms with Crippen molar-refractivity contribution in [2.24, 2.45) is 0 Å². The van der Waals surface area contributed by atoms with E-state index in [0.717, 1.165) is 11.3 Å². The van der Waals surface area contributed by atoms with E-state index < -0.39 is 0 Å². The molecule has 2 rings (SSSR count). The zero-order chi connectivity index (χ0) is 13.1. The van der Waals surface area contributed by atoms with E-state index in [1.165, 1.54) is 0 Å². The minimum Gasteiger partial charge on any atom is -0.398 e. The Bertz CT molecular complexity index is 544. The number of hydrogen-bond donors (Lipinski definition) is 1. The molecule has 0 heterocycles. The van der Waals surface area contributed by atoms with Gasteiger partial charge in [0.15, 0.2) is 0 Å². The molecular formula is C15H16N2O. The molecule has 18 heavy (non-hydrogen) atoms. The Kier molecular flexibility index (Phi) is 3.33. The molecule has 1 amide bonds. The van der Waals surface area contributed by atoms with Crippen molar-refractivity contribution in [1.29, 1.82) is 0 Å². The van der Waals surface area contributed by atoms with Crippen molar-refractivity contribution in [2.75, 3.05) is 17.7 Å². The molecule has 0 atom stereocenters. The highest BCUT2D eigenvalue weighted by molar-refractivity contribution is 6.09. The van der Waals surface area contributed by atoms with Crippen LogP contribution in [0.25, 0.3) is 0 Å². The van der Waals surface area contributed by atoms with Crippen molar-refractivity contribution in [1.82, 2.24) is 0 Å². The standard InChI is InChI=1S/C15H16N2O/c1-11-7-6-10-13(16)14(11)15(18)17(2)12-8-4-3-5-9-12/h3-10H,16H2,1-2H3. The van der Waals surface area contributed by atoms with Gasteiger partial charge in [-0.15, -0.1) is 0 Å². The number of amides is 1. The van der Waals surface area contributed by atoms with Crippen molar-refractivity contribution in [3.05, 3.63) is 59.7 Å². The van der Waals surface area contributed by atoms with Crippen LogP contribution in [-0.4, -0.2) is 13.0 Å². The summed E-state index contributed by atoms with van der Waals surface area (Å²) in [6, 6.07) is 15.0. The fraction of sp³-hybridized carbons (Fsp3) is 0.133. The Balaban J connectivity index is 2.38. The Labute approximate surface area is 107 Å². The quantitative estimate of drug-likeness (QED) is 0.820. The molecule has 0 radical (unpaired) electrons. The van der Waals surface area contributed by atoms with Gasteiger partial charge in [-0.3, -0.25) is 4.79 Å². The number of benzene rings is 2. The summed E-state index contributed by atoms with van der Waals surface area (Å²) in [7, 11) is 1.75. The SMILES string of the molecule is Cc1cccc(N)c1C(=O)N(C)c1ccccc1. The lowest BCUT2D eigenvalue weighted by molar-refractivity contribution is 0.0993. The van der Waals surface area contributed by atoms with E-state index in [1.807, 2.05) is 49.4 Å². The molecule has 2 N–H and O–H groups in total. The van der Waals surface area contributed by atoms with Crippen LogP contribution in [0.3, 0.4) is 0 Å². The first kappa shape index (κ1) is 12.2. The number of para-hydroxylation sites is 1. The number of hydrogen-bond acceptors (Lipinski definition) is 2. The highest BCUT2D eigenvalue weighted by Gasteiger charge is 2.17. The maximum absolute atomic E-state index is 12.4. The van der Waals surface area contributed by atoms with Crippen molar-refractivity contribution < 1.29 is 4.79 Å². The highest BCUT2D eigenvalue weighted by Crippen LogP contribution is 2.21. The van der Waals surface area contributed by atoms with Gasteiger partial charge < -0.3 is 10.6 Å². The first-order chi connectivity index (χ1) is 8.61. The molecule has 0 bridgehead atoms. The molecule has 0 aromatic heterocycles. The second-order valence-corrected chi connectivity index (χ2v) is 4.24. The number of aryl methyl sites for hydroxylation is 1. The smallest absolute Gasteiger partial charge is 0.260 e. The van der Waals surface area contributed by atoms with E-state index in [1.54, 1.807) is 18.0 Å². The third-order valence-corrected chi connectivity index (χ3v) is 2.97. The Hall–Kier alpha value is -2.29. The minimum absolute atomic E-state index is 0.0863. The second-order valence-electron chi connectivity index (χ2n) is 4.24. The number of nitrogens with two attached hydrogens (primary N) is 1.